The Morgan fingerprint density at radius 1 is 1.28 bits per heavy atom. The number of aromatic nitrogens is 2. The first kappa shape index (κ1) is 18.8. The van der Waals surface area contributed by atoms with Gasteiger partial charge >= 0.3 is 0 Å². The zero-order chi connectivity index (χ0) is 18.2. The van der Waals surface area contributed by atoms with Crippen LogP contribution in [0.2, 0.25) is 0 Å². The molecule has 0 aliphatic heterocycles. The summed E-state index contributed by atoms with van der Waals surface area (Å²) in [6.45, 7) is 4.50. The molecule has 25 heavy (non-hydrogen) atoms. The van der Waals surface area contributed by atoms with Gasteiger partial charge in [0.15, 0.2) is 5.65 Å². The molecule has 0 aliphatic rings. The second-order valence-corrected chi connectivity index (χ2v) is 9.29. The third kappa shape index (κ3) is 3.49. The lowest BCUT2D eigenvalue weighted by Gasteiger charge is -2.12. The summed E-state index contributed by atoms with van der Waals surface area (Å²) in [5.41, 5.74) is 1.99. The molecule has 1 aromatic carbocycles. The van der Waals surface area contributed by atoms with Crippen LogP contribution in [0.25, 0.3) is 11.0 Å². The van der Waals surface area contributed by atoms with Gasteiger partial charge in [-0.15, -0.1) is 0 Å². The van der Waals surface area contributed by atoms with Crippen molar-refractivity contribution < 1.29 is 13.2 Å². The molecule has 8 heteroatoms. The van der Waals surface area contributed by atoms with Crippen LogP contribution >= 0.6 is 38.5 Å². The summed E-state index contributed by atoms with van der Waals surface area (Å²) in [4.78, 5) is 4.59. The van der Waals surface area contributed by atoms with Crippen LogP contribution in [-0.4, -0.2) is 24.0 Å². The number of aryl methyl sites for hydroxylation is 1. The molecule has 0 fully saturated rings. The van der Waals surface area contributed by atoms with E-state index in [9.17, 15) is 8.42 Å². The van der Waals surface area contributed by atoms with E-state index in [2.05, 4.69) is 43.5 Å². The Kier molecular flexibility index (Phi) is 5.52. The Morgan fingerprint density at radius 2 is 1.96 bits per heavy atom. The molecule has 0 atom stereocenters. The minimum absolute atomic E-state index is 0.202. The number of pyridine rings is 1. The van der Waals surface area contributed by atoms with E-state index in [1.807, 2.05) is 19.9 Å². The first-order valence-corrected chi connectivity index (χ1v) is 10.9. The summed E-state index contributed by atoms with van der Waals surface area (Å²) in [5, 5.41) is 0.778. The van der Waals surface area contributed by atoms with E-state index < -0.39 is 10.0 Å². The molecule has 3 aromatic rings. The van der Waals surface area contributed by atoms with Crippen LogP contribution in [0.15, 0.2) is 45.9 Å². The van der Waals surface area contributed by atoms with Gasteiger partial charge in [0, 0.05) is 26.2 Å². The summed E-state index contributed by atoms with van der Waals surface area (Å²) in [6.07, 6.45) is 1.60. The normalized spacial score (nSPS) is 12.0. The van der Waals surface area contributed by atoms with Gasteiger partial charge in [-0.3, -0.25) is 0 Å². The van der Waals surface area contributed by atoms with Gasteiger partial charge in [-0.05, 0) is 70.6 Å². The monoisotopic (exact) mass is 534 g/mol. The van der Waals surface area contributed by atoms with E-state index in [1.54, 1.807) is 30.5 Å². The first-order valence-electron chi connectivity index (χ1n) is 7.60. The molecule has 2 heterocycles. The van der Waals surface area contributed by atoms with Crippen molar-refractivity contribution in [1.29, 1.82) is 0 Å². The number of nitrogens with zero attached hydrogens (tertiary/aromatic N) is 2. The Labute approximate surface area is 168 Å². The minimum atomic E-state index is -3.78. The number of halogens is 2. The number of hydrogen-bond donors (Lipinski definition) is 0. The van der Waals surface area contributed by atoms with Gasteiger partial charge in [-0.1, -0.05) is 17.7 Å². The van der Waals surface area contributed by atoms with Gasteiger partial charge in [-0.2, -0.15) is 0 Å². The third-order valence-corrected chi connectivity index (χ3v) is 7.14. The number of fused-ring (bicyclic) bond motifs is 1. The van der Waals surface area contributed by atoms with E-state index in [-0.39, 0.29) is 11.5 Å². The smallest absolute Gasteiger partial charge is 0.269 e. The first-order chi connectivity index (χ1) is 11.9. The average molecular weight is 535 g/mol. The number of hydrogen-bond acceptors (Lipinski definition) is 4. The highest BCUT2D eigenvalue weighted by atomic mass is 127. The van der Waals surface area contributed by atoms with Crippen molar-refractivity contribution in [3.8, 4) is 0 Å². The highest BCUT2D eigenvalue weighted by Gasteiger charge is 2.27. The molecule has 0 unspecified atom stereocenters. The number of ether oxygens (including phenoxy) is 1. The Bertz CT molecular complexity index is 1030. The molecule has 0 amide bonds. The Balaban J connectivity index is 2.31. The van der Waals surface area contributed by atoms with Crippen LogP contribution in [0.3, 0.4) is 0 Å². The van der Waals surface area contributed by atoms with Crippen molar-refractivity contribution in [2.75, 3.05) is 6.61 Å². The summed E-state index contributed by atoms with van der Waals surface area (Å²) < 4.78 is 35.0. The molecule has 0 radical (unpaired) electrons. The number of rotatable bonds is 5. The maximum absolute atomic E-state index is 13.3. The van der Waals surface area contributed by atoms with Crippen molar-refractivity contribution in [2.45, 2.75) is 25.3 Å². The molecule has 3 rings (SSSR count). The van der Waals surface area contributed by atoms with Gasteiger partial charge in [0.05, 0.1) is 17.2 Å². The van der Waals surface area contributed by atoms with E-state index in [0.29, 0.717) is 17.9 Å². The lowest BCUT2D eigenvalue weighted by molar-refractivity contribution is 0.130. The topological polar surface area (TPSA) is 61.2 Å². The highest BCUT2D eigenvalue weighted by molar-refractivity contribution is 14.1. The molecule has 0 aliphatic carbocycles. The standard InChI is InChI=1S/C17H16BrIN2O3S/c1-3-24-10-15-16(19)14-8-12(18)9-20-17(14)21(15)25(22,23)13-6-4-11(2)5-7-13/h4-9H,3,10H2,1-2H3. The van der Waals surface area contributed by atoms with Crippen LogP contribution in [0.5, 0.6) is 0 Å². The molecular weight excluding hydrogens is 519 g/mol. The Morgan fingerprint density at radius 3 is 2.60 bits per heavy atom. The zero-order valence-corrected chi connectivity index (χ0v) is 18.2. The second kappa shape index (κ2) is 7.34. The summed E-state index contributed by atoms with van der Waals surface area (Å²) in [7, 11) is -3.78. The third-order valence-electron chi connectivity index (χ3n) is 3.76. The van der Waals surface area contributed by atoms with E-state index in [4.69, 9.17) is 4.74 Å². The van der Waals surface area contributed by atoms with E-state index >= 15 is 0 Å². The minimum Gasteiger partial charge on any atom is -0.375 e. The maximum atomic E-state index is 13.3. The average Bonchev–Trinajstić information content (AvgIpc) is 2.86. The zero-order valence-electron chi connectivity index (χ0n) is 13.7. The van der Waals surface area contributed by atoms with Crippen molar-refractivity contribution in [1.82, 2.24) is 8.96 Å². The number of benzene rings is 1. The molecular formula is C17H16BrIN2O3S. The highest BCUT2D eigenvalue weighted by Crippen LogP contribution is 2.32. The lowest BCUT2D eigenvalue weighted by Crippen LogP contribution is -2.17. The summed E-state index contributed by atoms with van der Waals surface area (Å²) >= 11 is 5.56. The molecule has 5 nitrogen and oxygen atoms in total. The van der Waals surface area contributed by atoms with Crippen LogP contribution in [0, 0.1) is 10.5 Å². The summed E-state index contributed by atoms with van der Waals surface area (Å²) in [5.74, 6) is 0. The molecule has 132 valence electrons. The van der Waals surface area contributed by atoms with Gasteiger partial charge in [0.25, 0.3) is 10.0 Å². The van der Waals surface area contributed by atoms with Crippen LogP contribution < -0.4 is 0 Å². The summed E-state index contributed by atoms with van der Waals surface area (Å²) in [6, 6.07) is 8.69. The van der Waals surface area contributed by atoms with Crippen molar-refractivity contribution >= 4 is 59.6 Å². The second-order valence-electron chi connectivity index (χ2n) is 5.51. The fourth-order valence-corrected chi connectivity index (χ4v) is 5.31. The Hall–Kier alpha value is -0.970. The molecule has 0 saturated carbocycles. The molecule has 0 bridgehead atoms. The van der Waals surface area contributed by atoms with Crippen LogP contribution in [-0.2, 0) is 21.4 Å². The maximum Gasteiger partial charge on any atom is 0.269 e. The van der Waals surface area contributed by atoms with Crippen molar-refractivity contribution in [2.24, 2.45) is 0 Å². The van der Waals surface area contributed by atoms with Crippen molar-refractivity contribution in [3.05, 3.63) is 55.8 Å². The van der Waals surface area contributed by atoms with Gasteiger partial charge < -0.3 is 4.74 Å². The SMILES string of the molecule is CCOCc1c(I)c2cc(Br)cnc2n1S(=O)(=O)c1ccc(C)cc1. The largest absolute Gasteiger partial charge is 0.375 e. The lowest BCUT2D eigenvalue weighted by atomic mass is 10.2. The molecule has 2 aromatic heterocycles. The van der Waals surface area contributed by atoms with E-state index in [1.165, 1.54) is 3.97 Å². The van der Waals surface area contributed by atoms with Gasteiger partial charge in [0.1, 0.15) is 0 Å². The van der Waals surface area contributed by atoms with E-state index in [0.717, 1.165) is 19.0 Å². The fourth-order valence-electron chi connectivity index (χ4n) is 2.52. The van der Waals surface area contributed by atoms with Gasteiger partial charge in [0.2, 0.25) is 0 Å². The predicted octanol–water partition coefficient (Wildman–Crippen LogP) is 4.49. The molecule has 0 N–H and O–H groups in total. The van der Waals surface area contributed by atoms with Gasteiger partial charge in [-0.25, -0.2) is 17.4 Å². The molecule has 0 spiro atoms. The van der Waals surface area contributed by atoms with Crippen molar-refractivity contribution in [3.63, 3.8) is 0 Å². The molecule has 0 saturated heterocycles. The predicted molar refractivity (Wildman–Crippen MR) is 109 cm³/mol. The van der Waals surface area contributed by atoms with Crippen LogP contribution in [0.4, 0.5) is 0 Å². The fraction of sp³-hybridized carbons (Fsp3) is 0.235. The quantitative estimate of drug-likeness (QED) is 0.453. The van der Waals surface area contributed by atoms with Crippen LogP contribution in [0.1, 0.15) is 18.2 Å².